The highest BCUT2D eigenvalue weighted by atomic mass is 16.2. The van der Waals surface area contributed by atoms with E-state index in [1.165, 1.54) is 0 Å². The molecule has 128 valence electrons. The molecular formula is C19H26N4O. The Morgan fingerprint density at radius 1 is 1.33 bits per heavy atom. The number of carbonyl (C=O) groups excluding carboxylic acids is 1. The van der Waals surface area contributed by atoms with Crippen molar-refractivity contribution in [3.8, 4) is 5.69 Å². The molecule has 5 heteroatoms. The molecule has 1 aromatic carbocycles. The highest BCUT2D eigenvalue weighted by Crippen LogP contribution is 2.25. The lowest BCUT2D eigenvalue weighted by atomic mass is 9.95. The SMILES string of the molecule is CC(C)(C)CN1CCC[C@H]1C(=O)Nc1cccc(-n2cccn2)c1. The van der Waals surface area contributed by atoms with Crippen LogP contribution in [-0.2, 0) is 4.79 Å². The van der Waals surface area contributed by atoms with Gasteiger partial charge >= 0.3 is 0 Å². The number of anilines is 1. The lowest BCUT2D eigenvalue weighted by molar-refractivity contribution is -0.120. The second-order valence-electron chi connectivity index (χ2n) is 7.68. The van der Waals surface area contributed by atoms with Gasteiger partial charge in [-0.2, -0.15) is 5.10 Å². The Morgan fingerprint density at radius 2 is 2.17 bits per heavy atom. The number of aromatic nitrogens is 2. The molecule has 1 aromatic heterocycles. The molecule has 2 aromatic rings. The van der Waals surface area contributed by atoms with E-state index < -0.39 is 0 Å². The van der Waals surface area contributed by atoms with Crippen LogP contribution >= 0.6 is 0 Å². The number of nitrogens with one attached hydrogen (secondary N) is 1. The van der Waals surface area contributed by atoms with Crippen LogP contribution in [0.1, 0.15) is 33.6 Å². The molecule has 5 nitrogen and oxygen atoms in total. The normalized spacial score (nSPS) is 18.7. The van der Waals surface area contributed by atoms with Crippen molar-refractivity contribution in [2.24, 2.45) is 5.41 Å². The van der Waals surface area contributed by atoms with Crippen LogP contribution in [0.2, 0.25) is 0 Å². The van der Waals surface area contributed by atoms with Crippen LogP contribution in [0.3, 0.4) is 0 Å². The summed E-state index contributed by atoms with van der Waals surface area (Å²) >= 11 is 0. The average molecular weight is 326 g/mol. The number of rotatable bonds is 4. The maximum Gasteiger partial charge on any atom is 0.241 e. The molecule has 1 amide bonds. The van der Waals surface area contributed by atoms with Crippen molar-refractivity contribution in [3.05, 3.63) is 42.7 Å². The van der Waals surface area contributed by atoms with Gasteiger partial charge in [0, 0.05) is 24.6 Å². The van der Waals surface area contributed by atoms with E-state index in [0.29, 0.717) is 0 Å². The Kier molecular flexibility index (Phi) is 4.71. The van der Waals surface area contributed by atoms with Crippen molar-refractivity contribution < 1.29 is 4.79 Å². The maximum absolute atomic E-state index is 12.7. The van der Waals surface area contributed by atoms with E-state index >= 15 is 0 Å². The summed E-state index contributed by atoms with van der Waals surface area (Å²) in [5, 5.41) is 7.31. The van der Waals surface area contributed by atoms with Gasteiger partial charge in [0.1, 0.15) is 0 Å². The fourth-order valence-electron chi connectivity index (χ4n) is 3.29. The fraction of sp³-hybridized carbons (Fsp3) is 0.474. The van der Waals surface area contributed by atoms with Gasteiger partial charge in [-0.1, -0.05) is 26.8 Å². The minimum absolute atomic E-state index is 0.0300. The number of carbonyl (C=O) groups is 1. The molecule has 2 heterocycles. The zero-order valence-corrected chi connectivity index (χ0v) is 14.7. The van der Waals surface area contributed by atoms with Gasteiger partial charge in [0.25, 0.3) is 0 Å². The number of hydrogen-bond donors (Lipinski definition) is 1. The summed E-state index contributed by atoms with van der Waals surface area (Å²) < 4.78 is 1.79. The molecule has 0 unspecified atom stereocenters. The summed E-state index contributed by atoms with van der Waals surface area (Å²) in [5.41, 5.74) is 1.95. The van der Waals surface area contributed by atoms with Gasteiger partial charge in [0.2, 0.25) is 5.91 Å². The van der Waals surface area contributed by atoms with Crippen molar-refractivity contribution in [1.29, 1.82) is 0 Å². The van der Waals surface area contributed by atoms with Crippen molar-refractivity contribution in [2.75, 3.05) is 18.4 Å². The molecule has 1 N–H and O–H groups in total. The molecule has 1 aliphatic heterocycles. The summed E-state index contributed by atoms with van der Waals surface area (Å²) in [6.45, 7) is 8.59. The van der Waals surface area contributed by atoms with Crippen LogP contribution in [-0.4, -0.2) is 39.7 Å². The molecule has 0 radical (unpaired) electrons. The Balaban J connectivity index is 1.69. The predicted molar refractivity (Wildman–Crippen MR) is 96.2 cm³/mol. The van der Waals surface area contributed by atoms with Crippen molar-refractivity contribution in [3.63, 3.8) is 0 Å². The van der Waals surface area contributed by atoms with Crippen molar-refractivity contribution >= 4 is 11.6 Å². The number of hydrogen-bond acceptors (Lipinski definition) is 3. The van der Waals surface area contributed by atoms with Crippen LogP contribution in [0.5, 0.6) is 0 Å². The predicted octanol–water partition coefficient (Wildman–Crippen LogP) is 3.32. The molecule has 0 aliphatic carbocycles. The van der Waals surface area contributed by atoms with Gasteiger partial charge in [-0.15, -0.1) is 0 Å². The maximum atomic E-state index is 12.7. The summed E-state index contributed by atoms with van der Waals surface area (Å²) in [4.78, 5) is 15.0. The van der Waals surface area contributed by atoms with Gasteiger partial charge in [0.15, 0.2) is 0 Å². The monoisotopic (exact) mass is 326 g/mol. The molecule has 1 saturated heterocycles. The van der Waals surface area contributed by atoms with E-state index in [9.17, 15) is 4.79 Å². The van der Waals surface area contributed by atoms with E-state index in [0.717, 1.165) is 37.3 Å². The number of likely N-dealkylation sites (tertiary alicyclic amines) is 1. The molecule has 1 aliphatic rings. The van der Waals surface area contributed by atoms with Gasteiger partial charge in [-0.25, -0.2) is 4.68 Å². The summed E-state index contributed by atoms with van der Waals surface area (Å²) in [7, 11) is 0. The Morgan fingerprint density at radius 3 is 2.88 bits per heavy atom. The van der Waals surface area contributed by atoms with Crippen LogP contribution in [0.25, 0.3) is 5.69 Å². The van der Waals surface area contributed by atoms with E-state index in [-0.39, 0.29) is 17.4 Å². The van der Waals surface area contributed by atoms with E-state index in [4.69, 9.17) is 0 Å². The third-order valence-electron chi connectivity index (χ3n) is 4.23. The first kappa shape index (κ1) is 16.7. The zero-order chi connectivity index (χ0) is 17.2. The number of nitrogens with zero attached hydrogens (tertiary/aromatic N) is 3. The standard InChI is InChI=1S/C19H26N4O/c1-19(2,3)14-22-11-5-9-17(22)18(24)21-15-7-4-8-16(13-15)23-12-6-10-20-23/h4,6-8,10,12-13,17H,5,9,11,14H2,1-3H3,(H,21,24)/t17-/m0/s1. The van der Waals surface area contributed by atoms with Gasteiger partial charge in [-0.3, -0.25) is 9.69 Å². The first-order chi connectivity index (χ1) is 11.4. The lowest BCUT2D eigenvalue weighted by Gasteiger charge is -2.30. The van der Waals surface area contributed by atoms with Crippen LogP contribution in [0.15, 0.2) is 42.7 Å². The molecule has 0 spiro atoms. The largest absolute Gasteiger partial charge is 0.325 e. The topological polar surface area (TPSA) is 50.2 Å². The van der Waals surface area contributed by atoms with Crippen LogP contribution in [0.4, 0.5) is 5.69 Å². The summed E-state index contributed by atoms with van der Waals surface area (Å²) in [6.07, 6.45) is 5.65. The zero-order valence-electron chi connectivity index (χ0n) is 14.7. The molecule has 0 saturated carbocycles. The van der Waals surface area contributed by atoms with Crippen LogP contribution < -0.4 is 5.32 Å². The molecule has 3 rings (SSSR count). The van der Waals surface area contributed by atoms with Gasteiger partial charge in [-0.05, 0) is 49.1 Å². The third-order valence-corrected chi connectivity index (χ3v) is 4.23. The minimum Gasteiger partial charge on any atom is -0.325 e. The second kappa shape index (κ2) is 6.77. The Bertz CT molecular complexity index is 688. The smallest absolute Gasteiger partial charge is 0.241 e. The third kappa shape index (κ3) is 4.03. The quantitative estimate of drug-likeness (QED) is 0.937. The minimum atomic E-state index is -0.0300. The molecular weight excluding hydrogens is 300 g/mol. The van der Waals surface area contributed by atoms with Crippen molar-refractivity contribution in [1.82, 2.24) is 14.7 Å². The fourth-order valence-corrected chi connectivity index (χ4v) is 3.29. The molecule has 24 heavy (non-hydrogen) atoms. The van der Waals surface area contributed by atoms with Gasteiger partial charge < -0.3 is 5.32 Å². The highest BCUT2D eigenvalue weighted by Gasteiger charge is 2.32. The number of benzene rings is 1. The second-order valence-corrected chi connectivity index (χ2v) is 7.68. The van der Waals surface area contributed by atoms with Crippen LogP contribution in [0, 0.1) is 5.41 Å². The molecule has 0 bridgehead atoms. The average Bonchev–Trinajstić information content (AvgIpc) is 3.17. The summed E-state index contributed by atoms with van der Waals surface area (Å²) in [6, 6.07) is 9.64. The first-order valence-electron chi connectivity index (χ1n) is 8.57. The first-order valence-corrected chi connectivity index (χ1v) is 8.57. The highest BCUT2D eigenvalue weighted by molar-refractivity contribution is 5.95. The lowest BCUT2D eigenvalue weighted by Crippen LogP contribution is -2.43. The Labute approximate surface area is 143 Å². The van der Waals surface area contributed by atoms with E-state index in [1.807, 2.05) is 36.5 Å². The molecule has 1 fully saturated rings. The van der Waals surface area contributed by atoms with E-state index in [2.05, 4.69) is 36.1 Å². The summed E-state index contributed by atoms with van der Waals surface area (Å²) in [5.74, 6) is 0.0920. The molecule has 1 atom stereocenters. The van der Waals surface area contributed by atoms with Crippen molar-refractivity contribution in [2.45, 2.75) is 39.7 Å². The van der Waals surface area contributed by atoms with E-state index in [1.54, 1.807) is 10.9 Å². The van der Waals surface area contributed by atoms with Gasteiger partial charge in [0.05, 0.1) is 11.7 Å². The Hall–Kier alpha value is -2.14. The number of amides is 1.